The molecule has 40 heavy (non-hydrogen) atoms. The highest BCUT2D eigenvalue weighted by Gasteiger charge is 2.19. The van der Waals surface area contributed by atoms with E-state index in [2.05, 4.69) is 20.5 Å². The number of rotatable bonds is 15. The van der Waals surface area contributed by atoms with E-state index in [1.807, 2.05) is 42.0 Å². The fourth-order valence-corrected chi connectivity index (χ4v) is 4.26. The summed E-state index contributed by atoms with van der Waals surface area (Å²) in [5, 5.41) is 14.9. The van der Waals surface area contributed by atoms with E-state index < -0.39 is 12.0 Å². The number of carbonyl (C=O) groups excluding carboxylic acids is 2. The Hall–Kier alpha value is -4.38. The molecule has 3 amide bonds. The number of aryl methyl sites for hydroxylation is 2. The molecule has 0 saturated heterocycles. The second-order valence-electron chi connectivity index (χ2n) is 9.32. The minimum Gasteiger partial charge on any atom is -0.494 e. The van der Waals surface area contributed by atoms with E-state index in [4.69, 9.17) is 4.74 Å². The van der Waals surface area contributed by atoms with Crippen LogP contribution < -0.4 is 20.3 Å². The van der Waals surface area contributed by atoms with Crippen molar-refractivity contribution in [1.82, 2.24) is 14.5 Å². The molecule has 0 spiro atoms. The van der Waals surface area contributed by atoms with Crippen molar-refractivity contribution in [3.63, 3.8) is 0 Å². The molecule has 0 fully saturated rings. The lowest BCUT2D eigenvalue weighted by molar-refractivity contribution is -0.137. The van der Waals surface area contributed by atoms with Crippen molar-refractivity contribution in [2.45, 2.75) is 39.7 Å². The number of para-hydroxylation sites is 1. The van der Waals surface area contributed by atoms with Crippen molar-refractivity contribution in [2.24, 2.45) is 0 Å². The summed E-state index contributed by atoms with van der Waals surface area (Å²) in [4.78, 5) is 44.6. The van der Waals surface area contributed by atoms with Crippen LogP contribution in [-0.2, 0) is 16.1 Å². The summed E-state index contributed by atoms with van der Waals surface area (Å²) in [6.45, 7) is 6.42. The molecule has 0 radical (unpaired) electrons. The van der Waals surface area contributed by atoms with Crippen molar-refractivity contribution in [1.29, 1.82) is 0 Å². The lowest BCUT2D eigenvalue weighted by Gasteiger charge is -2.28. The molecule has 0 aliphatic rings. The molecule has 0 unspecified atom stereocenters. The number of urea groups is 1. The Bertz CT molecular complexity index is 1260. The number of carboxylic acid groups (broad SMARTS) is 1. The average molecular weight is 551 g/mol. The molecule has 0 atom stereocenters. The van der Waals surface area contributed by atoms with Crippen LogP contribution >= 0.6 is 0 Å². The molecule has 11 nitrogen and oxygen atoms in total. The molecule has 3 rings (SSSR count). The van der Waals surface area contributed by atoms with Gasteiger partial charge in [0.25, 0.3) is 0 Å². The summed E-state index contributed by atoms with van der Waals surface area (Å²) in [6.07, 6.45) is 6.50. The largest absolute Gasteiger partial charge is 0.494 e. The van der Waals surface area contributed by atoms with Crippen molar-refractivity contribution in [3.8, 4) is 5.75 Å². The van der Waals surface area contributed by atoms with E-state index in [9.17, 15) is 19.5 Å². The molecule has 1 heterocycles. The van der Waals surface area contributed by atoms with Crippen molar-refractivity contribution >= 4 is 35.0 Å². The first-order chi connectivity index (χ1) is 19.3. The van der Waals surface area contributed by atoms with Crippen molar-refractivity contribution < 1.29 is 24.2 Å². The number of aliphatic carboxylic acids is 1. The normalized spacial score (nSPS) is 10.8. The third-order valence-corrected chi connectivity index (χ3v) is 6.47. The predicted molar refractivity (Wildman–Crippen MR) is 155 cm³/mol. The minimum atomic E-state index is -0.861. The van der Waals surface area contributed by atoms with E-state index in [1.165, 1.54) is 7.11 Å². The van der Waals surface area contributed by atoms with Crippen molar-refractivity contribution in [2.75, 3.05) is 48.8 Å². The first kappa shape index (κ1) is 30.2. The van der Waals surface area contributed by atoms with Crippen molar-refractivity contribution in [3.05, 3.63) is 66.7 Å². The smallest absolute Gasteiger partial charge is 0.323 e. The number of methoxy groups -OCH3 is 1. The van der Waals surface area contributed by atoms with E-state index in [0.717, 1.165) is 18.5 Å². The minimum absolute atomic E-state index is 0.0194. The molecule has 0 aliphatic carbocycles. The molecule has 1 aromatic heterocycles. The maximum atomic E-state index is 12.9. The molecule has 0 bridgehead atoms. The first-order valence-corrected chi connectivity index (χ1v) is 13.3. The van der Waals surface area contributed by atoms with Crippen LogP contribution in [0.3, 0.4) is 0 Å². The Kier molecular flexibility index (Phi) is 11.5. The Morgan fingerprint density at radius 3 is 2.48 bits per heavy atom. The van der Waals surface area contributed by atoms with Gasteiger partial charge in [-0.1, -0.05) is 25.1 Å². The van der Waals surface area contributed by atoms with Gasteiger partial charge in [0.1, 0.15) is 5.75 Å². The zero-order valence-corrected chi connectivity index (χ0v) is 23.3. The van der Waals surface area contributed by atoms with Gasteiger partial charge in [0.15, 0.2) is 0 Å². The Labute approximate surface area is 234 Å². The summed E-state index contributed by atoms with van der Waals surface area (Å²) in [7, 11) is 1.50. The van der Waals surface area contributed by atoms with E-state index >= 15 is 0 Å². The van der Waals surface area contributed by atoms with Crippen LogP contribution in [-0.4, -0.2) is 70.8 Å². The van der Waals surface area contributed by atoms with Gasteiger partial charge < -0.3 is 34.8 Å². The zero-order valence-electron chi connectivity index (χ0n) is 23.3. The lowest BCUT2D eigenvalue weighted by atomic mass is 10.2. The molecule has 2 aromatic carbocycles. The average Bonchev–Trinajstić information content (AvgIpc) is 3.46. The fraction of sp³-hybridized carbons (Fsp3) is 0.379. The van der Waals surface area contributed by atoms with Gasteiger partial charge in [-0.25, -0.2) is 9.78 Å². The van der Waals surface area contributed by atoms with Crippen LogP contribution in [0.2, 0.25) is 0 Å². The van der Waals surface area contributed by atoms with E-state index in [0.29, 0.717) is 55.4 Å². The number of aromatic nitrogens is 2. The number of nitrogens with zero attached hydrogens (tertiary/aromatic N) is 4. The van der Waals surface area contributed by atoms with Gasteiger partial charge in [-0.2, -0.15) is 0 Å². The van der Waals surface area contributed by atoms with Gasteiger partial charge in [0.2, 0.25) is 5.91 Å². The number of carbonyl (C=O) groups is 3. The molecule has 214 valence electrons. The van der Waals surface area contributed by atoms with Crippen LogP contribution in [0.4, 0.5) is 21.9 Å². The number of ether oxygens (including phenoxy) is 1. The van der Waals surface area contributed by atoms with Gasteiger partial charge >= 0.3 is 12.0 Å². The maximum Gasteiger partial charge on any atom is 0.323 e. The molecule has 0 aliphatic heterocycles. The fourth-order valence-electron chi connectivity index (χ4n) is 4.26. The molecule has 11 heteroatoms. The summed E-state index contributed by atoms with van der Waals surface area (Å²) in [6, 6.07) is 12.3. The Balaban J connectivity index is 1.69. The standard InChI is InChI=1S/C29H38N6O5/c1-4-27(36)35(19-18-33(16-12-28(37)38)14-7-15-34-17-13-30-21-34)23-10-11-25(26(20-23)40-3)32-29(39)31-24-9-6-5-8-22(24)2/h5-6,8-11,13,17,20-21H,4,7,12,14-16,18-19H2,1-3H3,(H,37,38)(H2,31,32,39). The second kappa shape index (κ2) is 15.3. The third kappa shape index (κ3) is 9.12. The highest BCUT2D eigenvalue weighted by Crippen LogP contribution is 2.30. The number of hydrogen-bond acceptors (Lipinski definition) is 6. The van der Waals surface area contributed by atoms with E-state index in [-0.39, 0.29) is 12.3 Å². The molecular formula is C29H38N6O5. The zero-order chi connectivity index (χ0) is 28.9. The second-order valence-corrected chi connectivity index (χ2v) is 9.32. The lowest BCUT2D eigenvalue weighted by Crippen LogP contribution is -2.40. The highest BCUT2D eigenvalue weighted by molar-refractivity contribution is 6.01. The van der Waals surface area contributed by atoms with Crippen LogP contribution in [0.1, 0.15) is 31.7 Å². The first-order valence-electron chi connectivity index (χ1n) is 13.3. The van der Waals surface area contributed by atoms with Crippen LogP contribution in [0.15, 0.2) is 61.2 Å². The van der Waals surface area contributed by atoms with Gasteiger partial charge in [-0.15, -0.1) is 0 Å². The SMILES string of the molecule is CCC(=O)N(CCN(CCCn1ccnc1)CCC(=O)O)c1ccc(NC(=O)Nc2ccccc2C)c(OC)c1. The quantitative estimate of drug-likeness (QED) is 0.255. The summed E-state index contributed by atoms with van der Waals surface area (Å²) in [5.74, 6) is -0.522. The Morgan fingerprint density at radius 2 is 1.80 bits per heavy atom. The van der Waals surface area contributed by atoms with Crippen LogP contribution in [0.25, 0.3) is 0 Å². The van der Waals surface area contributed by atoms with Gasteiger partial charge in [-0.3, -0.25) is 9.59 Å². The number of hydrogen-bond donors (Lipinski definition) is 3. The summed E-state index contributed by atoms with van der Waals surface area (Å²) >= 11 is 0. The van der Waals surface area contributed by atoms with E-state index in [1.54, 1.807) is 42.5 Å². The van der Waals surface area contributed by atoms with Gasteiger partial charge in [-0.05, 0) is 43.7 Å². The monoisotopic (exact) mass is 550 g/mol. The van der Waals surface area contributed by atoms with Gasteiger partial charge in [0.05, 0.1) is 25.5 Å². The van der Waals surface area contributed by atoms with Gasteiger partial charge in [0, 0.05) is 62.4 Å². The third-order valence-electron chi connectivity index (χ3n) is 6.47. The number of anilines is 3. The number of carboxylic acids is 1. The highest BCUT2D eigenvalue weighted by atomic mass is 16.5. The number of amides is 3. The summed E-state index contributed by atoms with van der Waals surface area (Å²) in [5.41, 5.74) is 2.73. The molecule has 0 saturated carbocycles. The van der Waals surface area contributed by atoms with Crippen LogP contribution in [0, 0.1) is 6.92 Å². The molecular weight excluding hydrogens is 512 g/mol. The number of benzene rings is 2. The molecule has 3 aromatic rings. The predicted octanol–water partition coefficient (Wildman–Crippen LogP) is 4.45. The molecule has 3 N–H and O–H groups in total. The van der Waals surface area contributed by atoms with Crippen LogP contribution in [0.5, 0.6) is 5.75 Å². The maximum absolute atomic E-state index is 12.9. The topological polar surface area (TPSA) is 129 Å². The number of imidazole rings is 1. The Morgan fingerprint density at radius 1 is 1.02 bits per heavy atom. The number of nitrogens with one attached hydrogen (secondary N) is 2. The summed E-state index contributed by atoms with van der Waals surface area (Å²) < 4.78 is 7.52.